The number of rotatable bonds is 3. The Balaban J connectivity index is 1.84. The van der Waals surface area contributed by atoms with Crippen molar-refractivity contribution in [2.45, 2.75) is 38.8 Å². The lowest BCUT2D eigenvalue weighted by Gasteiger charge is -2.19. The van der Waals surface area contributed by atoms with E-state index in [1.165, 1.54) is 60.0 Å². The average Bonchev–Trinajstić information content (AvgIpc) is 2.68. The molecule has 0 saturated carbocycles. The molecule has 19 heavy (non-hydrogen) atoms. The van der Waals surface area contributed by atoms with Gasteiger partial charge in [-0.05, 0) is 47.8 Å². The van der Waals surface area contributed by atoms with Gasteiger partial charge in [0.2, 0.25) is 0 Å². The quantitative estimate of drug-likeness (QED) is 0.924. The highest BCUT2D eigenvalue weighted by atomic mass is 32.1. The van der Waals surface area contributed by atoms with Gasteiger partial charge in [-0.1, -0.05) is 31.0 Å². The van der Waals surface area contributed by atoms with E-state index >= 15 is 0 Å². The summed E-state index contributed by atoms with van der Waals surface area (Å²) in [6.45, 7) is 4.26. The van der Waals surface area contributed by atoms with Gasteiger partial charge in [0.15, 0.2) is 0 Å². The second kappa shape index (κ2) is 6.04. The zero-order valence-corrected chi connectivity index (χ0v) is 12.2. The number of thiophene rings is 1. The molecule has 0 amide bonds. The first-order chi connectivity index (χ1) is 9.38. The molecular formula is C16H22N2S. The highest BCUT2D eigenvalue weighted by Gasteiger charge is 2.13. The molecule has 2 nitrogen and oxygen atoms in total. The van der Waals surface area contributed by atoms with Crippen LogP contribution in [0.15, 0.2) is 23.6 Å². The van der Waals surface area contributed by atoms with Crippen molar-refractivity contribution in [1.29, 1.82) is 0 Å². The zero-order valence-electron chi connectivity index (χ0n) is 11.4. The highest BCUT2D eigenvalue weighted by molar-refractivity contribution is 7.17. The molecule has 1 aromatic heterocycles. The SMILES string of the molecule is NCc1cccc2c(CN3CCCCCC3)csc12. The third-order valence-corrected chi connectivity index (χ3v) is 5.19. The number of nitrogens with zero attached hydrogens (tertiary/aromatic N) is 1. The summed E-state index contributed by atoms with van der Waals surface area (Å²) in [5, 5.41) is 3.74. The van der Waals surface area contributed by atoms with Crippen LogP contribution in [0, 0.1) is 0 Å². The smallest absolute Gasteiger partial charge is 0.0390 e. The maximum Gasteiger partial charge on any atom is 0.0390 e. The number of benzene rings is 1. The van der Waals surface area contributed by atoms with Crippen molar-refractivity contribution < 1.29 is 0 Å². The Morgan fingerprint density at radius 1 is 1.05 bits per heavy atom. The van der Waals surface area contributed by atoms with Gasteiger partial charge in [-0.15, -0.1) is 11.3 Å². The molecule has 3 heteroatoms. The van der Waals surface area contributed by atoms with Crippen molar-refractivity contribution in [2.24, 2.45) is 5.73 Å². The summed E-state index contributed by atoms with van der Waals surface area (Å²) in [6, 6.07) is 6.54. The fourth-order valence-electron chi connectivity index (χ4n) is 2.99. The van der Waals surface area contributed by atoms with Gasteiger partial charge in [0, 0.05) is 17.8 Å². The number of hydrogen-bond donors (Lipinski definition) is 1. The minimum absolute atomic E-state index is 0.640. The first-order valence-electron chi connectivity index (χ1n) is 7.29. The van der Waals surface area contributed by atoms with Crippen LogP contribution in [-0.4, -0.2) is 18.0 Å². The monoisotopic (exact) mass is 274 g/mol. The molecule has 0 spiro atoms. The van der Waals surface area contributed by atoms with Crippen LogP contribution in [0.3, 0.4) is 0 Å². The summed E-state index contributed by atoms with van der Waals surface area (Å²) in [4.78, 5) is 2.61. The third kappa shape index (κ3) is 2.83. The van der Waals surface area contributed by atoms with Gasteiger partial charge in [0.25, 0.3) is 0 Å². The van der Waals surface area contributed by atoms with Crippen LogP contribution in [0.25, 0.3) is 10.1 Å². The van der Waals surface area contributed by atoms with Gasteiger partial charge in [-0.25, -0.2) is 0 Å². The van der Waals surface area contributed by atoms with E-state index < -0.39 is 0 Å². The van der Waals surface area contributed by atoms with E-state index in [4.69, 9.17) is 5.73 Å². The fourth-order valence-corrected chi connectivity index (χ4v) is 4.08. The average molecular weight is 274 g/mol. The molecular weight excluding hydrogens is 252 g/mol. The van der Waals surface area contributed by atoms with Crippen LogP contribution >= 0.6 is 11.3 Å². The summed E-state index contributed by atoms with van der Waals surface area (Å²) in [5.74, 6) is 0. The van der Waals surface area contributed by atoms with E-state index in [0.29, 0.717) is 6.54 Å². The highest BCUT2D eigenvalue weighted by Crippen LogP contribution is 2.30. The van der Waals surface area contributed by atoms with E-state index in [2.05, 4.69) is 28.5 Å². The number of fused-ring (bicyclic) bond motifs is 1. The molecule has 0 atom stereocenters. The van der Waals surface area contributed by atoms with Crippen LogP contribution in [0.5, 0.6) is 0 Å². The van der Waals surface area contributed by atoms with Crippen LogP contribution in [0.4, 0.5) is 0 Å². The largest absolute Gasteiger partial charge is 0.326 e. The van der Waals surface area contributed by atoms with E-state index in [1.54, 1.807) is 0 Å². The van der Waals surface area contributed by atoms with Crippen LogP contribution in [0.1, 0.15) is 36.8 Å². The van der Waals surface area contributed by atoms with Gasteiger partial charge < -0.3 is 5.73 Å². The molecule has 1 fully saturated rings. The van der Waals surface area contributed by atoms with Gasteiger partial charge in [0.1, 0.15) is 0 Å². The summed E-state index contributed by atoms with van der Waals surface area (Å²) >= 11 is 1.85. The molecule has 1 saturated heterocycles. The Kier molecular flexibility index (Phi) is 4.16. The summed E-state index contributed by atoms with van der Waals surface area (Å²) in [5.41, 5.74) is 8.59. The Morgan fingerprint density at radius 3 is 2.58 bits per heavy atom. The van der Waals surface area contributed by atoms with E-state index in [-0.39, 0.29) is 0 Å². The first kappa shape index (κ1) is 13.1. The van der Waals surface area contributed by atoms with E-state index in [1.807, 2.05) is 11.3 Å². The second-order valence-corrected chi connectivity index (χ2v) is 6.33. The lowest BCUT2D eigenvalue weighted by Crippen LogP contribution is -2.23. The molecule has 0 bridgehead atoms. The van der Waals surface area contributed by atoms with Crippen molar-refractivity contribution in [3.63, 3.8) is 0 Å². The number of likely N-dealkylation sites (tertiary alicyclic amines) is 1. The minimum Gasteiger partial charge on any atom is -0.326 e. The van der Waals surface area contributed by atoms with Crippen molar-refractivity contribution in [2.75, 3.05) is 13.1 Å². The maximum absolute atomic E-state index is 5.83. The van der Waals surface area contributed by atoms with E-state index in [9.17, 15) is 0 Å². The summed E-state index contributed by atoms with van der Waals surface area (Å²) < 4.78 is 1.38. The molecule has 1 aliphatic rings. The standard InChI is InChI=1S/C16H22N2S/c17-10-13-6-5-7-15-14(12-19-16(13)15)11-18-8-3-1-2-4-9-18/h5-7,12H,1-4,8-11,17H2. The van der Waals surface area contributed by atoms with Crippen molar-refractivity contribution in [3.8, 4) is 0 Å². The summed E-state index contributed by atoms with van der Waals surface area (Å²) in [6.07, 6.45) is 5.52. The second-order valence-electron chi connectivity index (χ2n) is 5.45. The van der Waals surface area contributed by atoms with Gasteiger partial charge in [-0.3, -0.25) is 4.90 Å². The van der Waals surface area contributed by atoms with Crippen molar-refractivity contribution in [1.82, 2.24) is 4.90 Å². The molecule has 0 aliphatic carbocycles. The Hall–Kier alpha value is -0.900. The maximum atomic E-state index is 5.83. The predicted octanol–water partition coefficient (Wildman–Crippen LogP) is 3.74. The zero-order chi connectivity index (χ0) is 13.1. The Labute approximate surface area is 119 Å². The lowest BCUT2D eigenvalue weighted by molar-refractivity contribution is 0.278. The fraction of sp³-hybridized carbons (Fsp3) is 0.500. The molecule has 0 unspecified atom stereocenters. The minimum atomic E-state index is 0.640. The summed E-state index contributed by atoms with van der Waals surface area (Å²) in [7, 11) is 0. The van der Waals surface area contributed by atoms with Crippen LogP contribution in [0.2, 0.25) is 0 Å². The third-order valence-electron chi connectivity index (χ3n) is 4.07. The molecule has 3 rings (SSSR count). The first-order valence-corrected chi connectivity index (χ1v) is 8.17. The van der Waals surface area contributed by atoms with Crippen molar-refractivity contribution >= 4 is 21.4 Å². The molecule has 2 N–H and O–H groups in total. The molecule has 1 aliphatic heterocycles. The Morgan fingerprint density at radius 2 is 1.84 bits per heavy atom. The normalized spacial score (nSPS) is 17.7. The van der Waals surface area contributed by atoms with Crippen LogP contribution in [-0.2, 0) is 13.1 Å². The molecule has 2 aromatic rings. The molecule has 102 valence electrons. The predicted molar refractivity (Wildman–Crippen MR) is 83.5 cm³/mol. The molecule has 2 heterocycles. The Bertz CT molecular complexity index is 539. The van der Waals surface area contributed by atoms with Crippen LogP contribution < -0.4 is 5.73 Å². The van der Waals surface area contributed by atoms with Gasteiger partial charge in [0.05, 0.1) is 0 Å². The topological polar surface area (TPSA) is 29.3 Å². The molecule has 0 radical (unpaired) electrons. The number of hydrogen-bond acceptors (Lipinski definition) is 3. The van der Waals surface area contributed by atoms with Gasteiger partial charge in [-0.2, -0.15) is 0 Å². The number of nitrogens with two attached hydrogens (primary N) is 1. The molecule has 1 aromatic carbocycles. The lowest BCUT2D eigenvalue weighted by atomic mass is 10.1. The van der Waals surface area contributed by atoms with Gasteiger partial charge >= 0.3 is 0 Å². The van der Waals surface area contributed by atoms with E-state index in [0.717, 1.165) is 6.54 Å². The van der Waals surface area contributed by atoms with Crippen molar-refractivity contribution in [3.05, 3.63) is 34.7 Å².